The molecule has 0 spiro atoms. The van der Waals surface area contributed by atoms with E-state index in [2.05, 4.69) is 23.5 Å². The Morgan fingerprint density at radius 2 is 1.88 bits per heavy atom. The zero-order valence-corrected chi connectivity index (χ0v) is 15.3. The molecule has 1 amide bonds. The van der Waals surface area contributed by atoms with E-state index in [-0.39, 0.29) is 11.9 Å². The first-order valence-electron chi connectivity index (χ1n) is 8.92. The molecular weight excluding hydrogens is 342 g/mol. The van der Waals surface area contributed by atoms with Crippen LogP contribution in [0.2, 0.25) is 0 Å². The van der Waals surface area contributed by atoms with Crippen LogP contribution >= 0.6 is 11.8 Å². The maximum absolute atomic E-state index is 12.6. The summed E-state index contributed by atoms with van der Waals surface area (Å²) in [4.78, 5) is 13.7. The Morgan fingerprint density at radius 1 is 1.04 bits per heavy atom. The quantitative estimate of drug-likeness (QED) is 0.642. The Labute approximate surface area is 157 Å². The SMILES string of the molecule is O=C(CSc1ccc2c(c1)CCC2)NC(c1ccccc1)c1ccco1. The lowest BCUT2D eigenvalue weighted by Crippen LogP contribution is -2.30. The van der Waals surface area contributed by atoms with Crippen molar-refractivity contribution in [2.75, 3.05) is 5.75 Å². The number of carbonyl (C=O) groups excluding carboxylic acids is 1. The molecule has 1 heterocycles. The second-order valence-electron chi connectivity index (χ2n) is 6.50. The average Bonchev–Trinajstić information content (AvgIpc) is 3.36. The molecule has 132 valence electrons. The fourth-order valence-corrected chi connectivity index (χ4v) is 4.18. The first kappa shape index (κ1) is 17.0. The molecule has 0 bridgehead atoms. The van der Waals surface area contributed by atoms with Crippen LogP contribution in [0.25, 0.3) is 0 Å². The van der Waals surface area contributed by atoms with Crippen LogP contribution < -0.4 is 5.32 Å². The van der Waals surface area contributed by atoms with Crippen LogP contribution in [-0.4, -0.2) is 11.7 Å². The number of amides is 1. The summed E-state index contributed by atoms with van der Waals surface area (Å²) in [7, 11) is 0. The summed E-state index contributed by atoms with van der Waals surface area (Å²) in [6, 6.07) is 20.0. The number of thioether (sulfide) groups is 1. The van der Waals surface area contributed by atoms with Gasteiger partial charge < -0.3 is 9.73 Å². The van der Waals surface area contributed by atoms with E-state index in [1.165, 1.54) is 24.0 Å². The van der Waals surface area contributed by atoms with Gasteiger partial charge in [-0.2, -0.15) is 0 Å². The van der Waals surface area contributed by atoms with Gasteiger partial charge in [0.1, 0.15) is 11.8 Å². The molecule has 1 N–H and O–H groups in total. The minimum Gasteiger partial charge on any atom is -0.467 e. The molecule has 1 aromatic heterocycles. The highest BCUT2D eigenvalue weighted by Crippen LogP contribution is 2.28. The summed E-state index contributed by atoms with van der Waals surface area (Å²) >= 11 is 1.59. The standard InChI is InChI=1S/C22H21NO2S/c24-21(15-26-19-12-11-16-8-4-9-18(16)14-19)23-22(20-10-5-13-25-20)17-6-2-1-3-7-17/h1-3,5-7,10-14,22H,4,8-9,15H2,(H,23,24). The van der Waals surface area contributed by atoms with E-state index in [9.17, 15) is 4.79 Å². The molecule has 4 rings (SSSR count). The van der Waals surface area contributed by atoms with E-state index in [4.69, 9.17) is 4.42 Å². The normalized spacial score (nSPS) is 14.0. The van der Waals surface area contributed by atoms with E-state index in [0.717, 1.165) is 22.6 Å². The minimum absolute atomic E-state index is 0.000696. The highest BCUT2D eigenvalue weighted by atomic mass is 32.2. The van der Waals surface area contributed by atoms with Crippen LogP contribution in [0.3, 0.4) is 0 Å². The van der Waals surface area contributed by atoms with Gasteiger partial charge in [0.25, 0.3) is 0 Å². The molecule has 1 unspecified atom stereocenters. The average molecular weight is 363 g/mol. The fraction of sp³-hybridized carbons (Fsp3) is 0.227. The number of carbonyl (C=O) groups is 1. The Kier molecular flexibility index (Phi) is 5.12. The molecule has 0 saturated carbocycles. The summed E-state index contributed by atoms with van der Waals surface area (Å²) in [5.74, 6) is 1.14. The van der Waals surface area contributed by atoms with Gasteiger partial charge in [-0.3, -0.25) is 4.79 Å². The lowest BCUT2D eigenvalue weighted by Gasteiger charge is -2.17. The highest BCUT2D eigenvalue weighted by molar-refractivity contribution is 8.00. The Balaban J connectivity index is 1.42. The predicted molar refractivity (Wildman–Crippen MR) is 104 cm³/mol. The van der Waals surface area contributed by atoms with Crippen LogP contribution in [0.4, 0.5) is 0 Å². The van der Waals surface area contributed by atoms with Crippen LogP contribution in [0.15, 0.2) is 76.2 Å². The van der Waals surface area contributed by atoms with Crippen LogP contribution in [0.1, 0.15) is 34.9 Å². The van der Waals surface area contributed by atoms with Gasteiger partial charge in [0, 0.05) is 4.90 Å². The topological polar surface area (TPSA) is 42.2 Å². The smallest absolute Gasteiger partial charge is 0.231 e. The minimum atomic E-state index is -0.265. The van der Waals surface area contributed by atoms with E-state index >= 15 is 0 Å². The molecule has 0 aliphatic heterocycles. The number of aryl methyl sites for hydroxylation is 2. The summed E-state index contributed by atoms with van der Waals surface area (Å²) in [5, 5.41) is 3.10. The van der Waals surface area contributed by atoms with Crippen LogP contribution in [-0.2, 0) is 17.6 Å². The zero-order valence-electron chi connectivity index (χ0n) is 14.5. The molecule has 1 atom stereocenters. The maximum Gasteiger partial charge on any atom is 0.231 e. The molecule has 3 aromatic rings. The van der Waals surface area contributed by atoms with Crippen LogP contribution in [0.5, 0.6) is 0 Å². The number of hydrogen-bond acceptors (Lipinski definition) is 3. The number of hydrogen-bond donors (Lipinski definition) is 1. The van der Waals surface area contributed by atoms with Gasteiger partial charge in [0.2, 0.25) is 5.91 Å². The lowest BCUT2D eigenvalue weighted by molar-refractivity contribution is -0.119. The van der Waals surface area contributed by atoms with Crippen molar-refractivity contribution in [2.24, 2.45) is 0 Å². The zero-order chi connectivity index (χ0) is 17.8. The van der Waals surface area contributed by atoms with Crippen molar-refractivity contribution in [2.45, 2.75) is 30.2 Å². The third-order valence-corrected chi connectivity index (χ3v) is 5.70. The first-order valence-corrected chi connectivity index (χ1v) is 9.90. The van der Waals surface area contributed by atoms with Gasteiger partial charge in [-0.25, -0.2) is 0 Å². The Bertz CT molecular complexity index is 874. The molecule has 26 heavy (non-hydrogen) atoms. The third-order valence-electron chi connectivity index (χ3n) is 4.71. The molecule has 0 radical (unpaired) electrons. The highest BCUT2D eigenvalue weighted by Gasteiger charge is 2.19. The Hall–Kier alpha value is -2.46. The van der Waals surface area contributed by atoms with Gasteiger partial charge in [-0.15, -0.1) is 11.8 Å². The number of furan rings is 1. The molecule has 1 aliphatic rings. The summed E-state index contributed by atoms with van der Waals surface area (Å²) in [6.45, 7) is 0. The largest absolute Gasteiger partial charge is 0.467 e. The fourth-order valence-electron chi connectivity index (χ4n) is 3.41. The summed E-state index contributed by atoms with van der Waals surface area (Å²) in [5.41, 5.74) is 3.91. The van der Waals surface area contributed by atoms with Gasteiger partial charge in [0.05, 0.1) is 12.0 Å². The molecule has 3 nitrogen and oxygen atoms in total. The van der Waals surface area contributed by atoms with E-state index in [1.54, 1.807) is 18.0 Å². The second kappa shape index (κ2) is 7.83. The predicted octanol–water partition coefficient (Wildman–Crippen LogP) is 4.77. The molecular formula is C22H21NO2S. The molecule has 0 saturated heterocycles. The van der Waals surface area contributed by atoms with Crippen LogP contribution in [0, 0.1) is 0 Å². The van der Waals surface area contributed by atoms with Gasteiger partial charge >= 0.3 is 0 Å². The van der Waals surface area contributed by atoms with Gasteiger partial charge in [-0.05, 0) is 60.2 Å². The Morgan fingerprint density at radius 3 is 2.69 bits per heavy atom. The van der Waals surface area contributed by atoms with E-state index in [0.29, 0.717) is 5.75 Å². The van der Waals surface area contributed by atoms with Crippen molar-refractivity contribution in [3.8, 4) is 0 Å². The summed E-state index contributed by atoms with van der Waals surface area (Å²) in [6.07, 6.45) is 5.22. The molecule has 4 heteroatoms. The summed E-state index contributed by atoms with van der Waals surface area (Å²) < 4.78 is 5.54. The lowest BCUT2D eigenvalue weighted by atomic mass is 10.0. The number of fused-ring (bicyclic) bond motifs is 1. The number of benzene rings is 2. The van der Waals surface area contributed by atoms with Crippen molar-refractivity contribution in [1.29, 1.82) is 0 Å². The second-order valence-corrected chi connectivity index (χ2v) is 7.55. The van der Waals surface area contributed by atoms with Crippen molar-refractivity contribution >= 4 is 17.7 Å². The van der Waals surface area contributed by atoms with Crippen molar-refractivity contribution in [3.63, 3.8) is 0 Å². The van der Waals surface area contributed by atoms with Crippen molar-refractivity contribution < 1.29 is 9.21 Å². The third kappa shape index (κ3) is 3.86. The monoisotopic (exact) mass is 363 g/mol. The number of rotatable bonds is 6. The van der Waals surface area contributed by atoms with Crippen molar-refractivity contribution in [1.82, 2.24) is 5.32 Å². The van der Waals surface area contributed by atoms with Gasteiger partial charge in [-0.1, -0.05) is 36.4 Å². The molecule has 1 aliphatic carbocycles. The van der Waals surface area contributed by atoms with Crippen molar-refractivity contribution in [3.05, 3.63) is 89.4 Å². The van der Waals surface area contributed by atoms with E-state index in [1.807, 2.05) is 42.5 Å². The van der Waals surface area contributed by atoms with E-state index < -0.39 is 0 Å². The first-order chi connectivity index (χ1) is 12.8. The number of nitrogens with one attached hydrogen (secondary N) is 1. The van der Waals surface area contributed by atoms with Gasteiger partial charge in [0.15, 0.2) is 0 Å². The maximum atomic E-state index is 12.6. The molecule has 2 aromatic carbocycles. The molecule has 0 fully saturated rings.